The number of benzene rings is 1. The zero-order valence-electron chi connectivity index (χ0n) is 11.6. The van der Waals surface area contributed by atoms with Gasteiger partial charge in [-0.05, 0) is 19.1 Å². The average molecular weight is 279 g/mol. The predicted molar refractivity (Wildman–Crippen MR) is 74.5 cm³/mol. The molecular weight excluding hydrogens is 262 g/mol. The Kier molecular flexibility index (Phi) is 5.08. The second kappa shape index (κ2) is 6.55. The first-order valence-corrected chi connectivity index (χ1v) is 5.96. The van der Waals surface area contributed by atoms with Crippen LogP contribution in [0.5, 0.6) is 0 Å². The van der Waals surface area contributed by atoms with E-state index in [0.717, 1.165) is 0 Å². The van der Waals surface area contributed by atoms with Crippen molar-refractivity contribution in [2.45, 2.75) is 6.92 Å². The fourth-order valence-electron chi connectivity index (χ4n) is 1.65. The van der Waals surface area contributed by atoms with Crippen molar-refractivity contribution in [2.24, 2.45) is 5.73 Å². The van der Waals surface area contributed by atoms with Crippen LogP contribution in [0.3, 0.4) is 0 Å². The number of amides is 2. The number of nitrogens with two attached hydrogens (primary N) is 1. The standard InChI is InChI=1S/C13H17N3O4/c1-4-20-13(19)12(18)15-8-6-5-7-9(16(2)3)10(8)11(14)17/h5-7H,4H2,1-3H3,(H2,14,17)(H,15,18). The molecule has 0 bridgehead atoms. The molecule has 0 radical (unpaired) electrons. The summed E-state index contributed by atoms with van der Waals surface area (Å²) in [5.41, 5.74) is 6.17. The first-order chi connectivity index (χ1) is 9.38. The van der Waals surface area contributed by atoms with E-state index in [4.69, 9.17) is 5.73 Å². The van der Waals surface area contributed by atoms with E-state index in [1.165, 1.54) is 6.07 Å². The van der Waals surface area contributed by atoms with Crippen LogP contribution in [0.25, 0.3) is 0 Å². The van der Waals surface area contributed by atoms with Crippen molar-refractivity contribution in [1.82, 2.24) is 0 Å². The lowest BCUT2D eigenvalue weighted by Crippen LogP contribution is -2.27. The van der Waals surface area contributed by atoms with Crippen molar-refractivity contribution in [3.05, 3.63) is 23.8 Å². The van der Waals surface area contributed by atoms with Crippen molar-refractivity contribution in [3.8, 4) is 0 Å². The number of primary amides is 1. The minimum Gasteiger partial charge on any atom is -0.459 e. The topological polar surface area (TPSA) is 102 Å². The Hall–Kier alpha value is -2.57. The van der Waals surface area contributed by atoms with Gasteiger partial charge in [0.1, 0.15) is 0 Å². The Bertz CT molecular complexity index is 540. The Morgan fingerprint density at radius 2 is 1.95 bits per heavy atom. The molecule has 1 rings (SSSR count). The monoisotopic (exact) mass is 279 g/mol. The highest BCUT2D eigenvalue weighted by Gasteiger charge is 2.20. The summed E-state index contributed by atoms with van der Waals surface area (Å²) in [7, 11) is 3.47. The molecule has 108 valence electrons. The Morgan fingerprint density at radius 1 is 1.30 bits per heavy atom. The molecule has 0 unspecified atom stereocenters. The number of anilines is 2. The zero-order chi connectivity index (χ0) is 15.3. The molecule has 0 aliphatic carbocycles. The molecule has 3 N–H and O–H groups in total. The average Bonchev–Trinajstić information content (AvgIpc) is 2.38. The molecule has 1 aromatic carbocycles. The molecule has 0 heterocycles. The number of hydrogen-bond acceptors (Lipinski definition) is 5. The van der Waals surface area contributed by atoms with Gasteiger partial charge in [0.15, 0.2) is 0 Å². The van der Waals surface area contributed by atoms with Crippen molar-refractivity contribution in [1.29, 1.82) is 0 Å². The van der Waals surface area contributed by atoms with Gasteiger partial charge in [0.05, 0.1) is 23.5 Å². The summed E-state index contributed by atoms with van der Waals surface area (Å²) >= 11 is 0. The van der Waals surface area contributed by atoms with E-state index in [-0.39, 0.29) is 17.9 Å². The molecular formula is C13H17N3O4. The number of nitrogens with one attached hydrogen (secondary N) is 1. The summed E-state index contributed by atoms with van der Waals surface area (Å²) in [5, 5.41) is 2.33. The molecule has 0 fully saturated rings. The lowest BCUT2D eigenvalue weighted by Gasteiger charge is -2.18. The van der Waals surface area contributed by atoms with Crippen LogP contribution < -0.4 is 16.0 Å². The fourth-order valence-corrected chi connectivity index (χ4v) is 1.65. The highest BCUT2D eigenvalue weighted by Crippen LogP contribution is 2.26. The number of hydrogen-bond donors (Lipinski definition) is 2. The maximum Gasteiger partial charge on any atom is 0.397 e. The minimum absolute atomic E-state index is 0.0899. The van der Waals surface area contributed by atoms with E-state index in [0.29, 0.717) is 5.69 Å². The van der Waals surface area contributed by atoms with Gasteiger partial charge in [-0.3, -0.25) is 9.59 Å². The number of rotatable bonds is 4. The molecule has 2 amide bonds. The second-order valence-corrected chi connectivity index (χ2v) is 4.13. The summed E-state index contributed by atoms with van der Waals surface area (Å²) in [4.78, 5) is 36.1. The molecule has 0 spiro atoms. The van der Waals surface area contributed by atoms with Crippen molar-refractivity contribution < 1.29 is 19.1 Å². The van der Waals surface area contributed by atoms with E-state index >= 15 is 0 Å². The van der Waals surface area contributed by atoms with Gasteiger partial charge >= 0.3 is 11.9 Å². The van der Waals surface area contributed by atoms with E-state index in [1.54, 1.807) is 38.1 Å². The molecule has 0 aliphatic rings. The molecule has 0 atom stereocenters. The Labute approximate surface area is 116 Å². The van der Waals surface area contributed by atoms with E-state index in [1.807, 2.05) is 0 Å². The van der Waals surface area contributed by atoms with Crippen molar-refractivity contribution in [2.75, 3.05) is 30.9 Å². The first-order valence-electron chi connectivity index (χ1n) is 5.96. The van der Waals surface area contributed by atoms with Crippen LogP contribution in [0.1, 0.15) is 17.3 Å². The zero-order valence-corrected chi connectivity index (χ0v) is 11.6. The van der Waals surface area contributed by atoms with Gasteiger partial charge in [-0.1, -0.05) is 6.07 Å². The highest BCUT2D eigenvalue weighted by atomic mass is 16.5. The summed E-state index contributed by atoms with van der Waals surface area (Å²) in [6, 6.07) is 4.81. The molecule has 0 aliphatic heterocycles. The fraction of sp³-hybridized carbons (Fsp3) is 0.308. The molecule has 1 aromatic rings. The van der Waals surface area contributed by atoms with Crippen LogP contribution in [0.2, 0.25) is 0 Å². The minimum atomic E-state index is -1.02. The molecule has 0 saturated heterocycles. The van der Waals surface area contributed by atoms with E-state index in [2.05, 4.69) is 10.1 Å². The summed E-state index contributed by atoms with van der Waals surface area (Å²) in [6.07, 6.45) is 0. The SMILES string of the molecule is CCOC(=O)C(=O)Nc1cccc(N(C)C)c1C(N)=O. The van der Waals surface area contributed by atoms with E-state index in [9.17, 15) is 14.4 Å². The number of carbonyl (C=O) groups excluding carboxylic acids is 3. The Morgan fingerprint density at radius 3 is 2.45 bits per heavy atom. The largest absolute Gasteiger partial charge is 0.459 e. The first kappa shape index (κ1) is 15.5. The van der Waals surface area contributed by atoms with Crippen LogP contribution in [-0.4, -0.2) is 38.5 Å². The van der Waals surface area contributed by atoms with Gasteiger partial charge in [-0.25, -0.2) is 4.79 Å². The summed E-state index contributed by atoms with van der Waals surface area (Å²) in [5.74, 6) is -2.67. The molecule has 0 aromatic heterocycles. The molecule has 20 heavy (non-hydrogen) atoms. The lowest BCUT2D eigenvalue weighted by atomic mass is 10.1. The van der Waals surface area contributed by atoms with Gasteiger partial charge in [-0.15, -0.1) is 0 Å². The maximum atomic E-state index is 11.6. The van der Waals surface area contributed by atoms with Crippen LogP contribution in [-0.2, 0) is 14.3 Å². The van der Waals surface area contributed by atoms with Gasteiger partial charge in [0, 0.05) is 14.1 Å². The van der Waals surface area contributed by atoms with Gasteiger partial charge in [0.25, 0.3) is 5.91 Å². The third kappa shape index (κ3) is 3.47. The second-order valence-electron chi connectivity index (χ2n) is 4.13. The molecule has 0 saturated carbocycles. The van der Waals surface area contributed by atoms with Crippen LogP contribution in [0, 0.1) is 0 Å². The molecule has 7 nitrogen and oxygen atoms in total. The number of esters is 1. The van der Waals surface area contributed by atoms with Gasteiger partial charge in [-0.2, -0.15) is 0 Å². The predicted octanol–water partition coefficient (Wildman–Crippen LogP) is 0.353. The van der Waals surface area contributed by atoms with Gasteiger partial charge in [0.2, 0.25) is 0 Å². The third-order valence-corrected chi connectivity index (χ3v) is 2.48. The summed E-state index contributed by atoms with van der Waals surface area (Å²) < 4.78 is 4.58. The Balaban J connectivity index is 3.12. The van der Waals surface area contributed by atoms with E-state index < -0.39 is 17.8 Å². The van der Waals surface area contributed by atoms with Crippen LogP contribution >= 0.6 is 0 Å². The quantitative estimate of drug-likeness (QED) is 0.611. The normalized spacial score (nSPS) is 9.75. The number of nitrogens with zero attached hydrogens (tertiary/aromatic N) is 1. The van der Waals surface area contributed by atoms with Crippen LogP contribution in [0.15, 0.2) is 18.2 Å². The highest BCUT2D eigenvalue weighted by molar-refractivity contribution is 6.37. The maximum absolute atomic E-state index is 11.6. The third-order valence-electron chi connectivity index (χ3n) is 2.48. The smallest absolute Gasteiger partial charge is 0.397 e. The van der Waals surface area contributed by atoms with Gasteiger partial charge < -0.3 is 20.7 Å². The number of ether oxygens (including phenoxy) is 1. The van der Waals surface area contributed by atoms with Crippen LogP contribution in [0.4, 0.5) is 11.4 Å². The van der Waals surface area contributed by atoms with Crippen molar-refractivity contribution in [3.63, 3.8) is 0 Å². The summed E-state index contributed by atoms with van der Waals surface area (Å²) in [6.45, 7) is 1.68. The molecule has 7 heteroatoms. The van der Waals surface area contributed by atoms with Crippen molar-refractivity contribution >= 4 is 29.2 Å². The lowest BCUT2D eigenvalue weighted by molar-refractivity contribution is -0.152. The number of carbonyl (C=O) groups is 3.